The van der Waals surface area contributed by atoms with Gasteiger partial charge in [0.2, 0.25) is 5.91 Å². The van der Waals surface area contributed by atoms with Gasteiger partial charge in [0.25, 0.3) is 0 Å². The van der Waals surface area contributed by atoms with Crippen molar-refractivity contribution < 1.29 is 24.5 Å². The molecule has 4 atom stereocenters. The normalized spacial score (nSPS) is 18.2. The number of carbonyl (C=O) groups is 1. The second kappa shape index (κ2) is 8.94. The smallest absolute Gasteiger partial charge is 0.217 e. The van der Waals surface area contributed by atoms with Crippen LogP contribution in [0.3, 0.4) is 0 Å². The SMILES string of the molecule is CC(=O)N[C@@H](CO)C(OC(C)[C@@H](C)O)OC(C)(C)CC(C)(C)N. The van der Waals surface area contributed by atoms with Gasteiger partial charge in [-0.2, -0.15) is 0 Å². The monoisotopic (exact) mass is 334 g/mol. The molecule has 0 aliphatic heterocycles. The molecule has 0 bridgehead atoms. The summed E-state index contributed by atoms with van der Waals surface area (Å²) >= 11 is 0. The van der Waals surface area contributed by atoms with Gasteiger partial charge in [-0.1, -0.05) is 0 Å². The number of rotatable bonds is 10. The van der Waals surface area contributed by atoms with E-state index in [0.717, 1.165) is 0 Å². The van der Waals surface area contributed by atoms with Crippen molar-refractivity contribution in [1.29, 1.82) is 0 Å². The van der Waals surface area contributed by atoms with E-state index in [-0.39, 0.29) is 12.5 Å². The molecular weight excluding hydrogens is 300 g/mol. The molecule has 0 saturated carbocycles. The van der Waals surface area contributed by atoms with Crippen LogP contribution < -0.4 is 11.1 Å². The molecule has 0 spiro atoms. The van der Waals surface area contributed by atoms with Crippen molar-refractivity contribution in [2.45, 2.75) is 90.6 Å². The molecule has 0 rings (SSSR count). The summed E-state index contributed by atoms with van der Waals surface area (Å²) in [4.78, 5) is 11.3. The van der Waals surface area contributed by atoms with Gasteiger partial charge in [-0.05, 0) is 48.0 Å². The first-order chi connectivity index (χ1) is 10.3. The number of hydrogen-bond donors (Lipinski definition) is 4. The molecule has 0 saturated heterocycles. The molecule has 2 unspecified atom stereocenters. The highest BCUT2D eigenvalue weighted by Crippen LogP contribution is 2.25. The lowest BCUT2D eigenvalue weighted by Gasteiger charge is -2.39. The highest BCUT2D eigenvalue weighted by molar-refractivity contribution is 5.73. The van der Waals surface area contributed by atoms with Gasteiger partial charge in [-0.3, -0.25) is 4.79 Å². The Bertz CT molecular complexity index is 366. The molecule has 0 aromatic heterocycles. The minimum atomic E-state index is -0.911. The lowest BCUT2D eigenvalue weighted by atomic mass is 9.90. The van der Waals surface area contributed by atoms with E-state index in [9.17, 15) is 15.0 Å². The third kappa shape index (κ3) is 9.88. The van der Waals surface area contributed by atoms with E-state index in [1.807, 2.05) is 27.7 Å². The van der Waals surface area contributed by atoms with Crippen molar-refractivity contribution in [2.24, 2.45) is 5.73 Å². The fourth-order valence-electron chi connectivity index (χ4n) is 2.44. The number of amides is 1. The topological polar surface area (TPSA) is 114 Å². The van der Waals surface area contributed by atoms with Crippen LogP contribution in [0.4, 0.5) is 0 Å². The van der Waals surface area contributed by atoms with Gasteiger partial charge in [-0.25, -0.2) is 0 Å². The molecule has 0 aliphatic carbocycles. The number of ether oxygens (including phenoxy) is 2. The minimum absolute atomic E-state index is 0.303. The molecular formula is C16H34N2O5. The van der Waals surface area contributed by atoms with Gasteiger partial charge in [0.05, 0.1) is 24.4 Å². The lowest BCUT2D eigenvalue weighted by Crippen LogP contribution is -2.53. The second-order valence-electron chi connectivity index (χ2n) is 7.48. The zero-order chi connectivity index (χ0) is 18.4. The Kier molecular flexibility index (Phi) is 8.65. The molecule has 7 nitrogen and oxygen atoms in total. The number of hydrogen-bond acceptors (Lipinski definition) is 6. The number of nitrogens with one attached hydrogen (secondary N) is 1. The van der Waals surface area contributed by atoms with Gasteiger partial charge in [-0.15, -0.1) is 0 Å². The molecule has 0 aliphatic rings. The molecule has 7 heteroatoms. The van der Waals surface area contributed by atoms with Crippen LogP contribution in [-0.4, -0.2) is 58.4 Å². The molecule has 23 heavy (non-hydrogen) atoms. The van der Waals surface area contributed by atoms with Gasteiger partial charge >= 0.3 is 0 Å². The van der Waals surface area contributed by atoms with Crippen LogP contribution in [0, 0.1) is 0 Å². The summed E-state index contributed by atoms with van der Waals surface area (Å²) in [5.74, 6) is -0.303. The zero-order valence-electron chi connectivity index (χ0n) is 15.4. The number of aliphatic hydroxyl groups is 2. The van der Waals surface area contributed by atoms with Crippen LogP contribution in [0.5, 0.6) is 0 Å². The van der Waals surface area contributed by atoms with E-state index < -0.39 is 35.7 Å². The van der Waals surface area contributed by atoms with Crippen LogP contribution in [0.15, 0.2) is 0 Å². The Morgan fingerprint density at radius 3 is 2.13 bits per heavy atom. The average Bonchev–Trinajstić information content (AvgIpc) is 2.31. The summed E-state index contributed by atoms with van der Waals surface area (Å²) in [6.45, 7) is 11.8. The van der Waals surface area contributed by atoms with Crippen LogP contribution >= 0.6 is 0 Å². The zero-order valence-corrected chi connectivity index (χ0v) is 15.4. The fraction of sp³-hybridized carbons (Fsp3) is 0.938. The molecule has 0 fully saturated rings. The first-order valence-electron chi connectivity index (χ1n) is 7.95. The summed E-state index contributed by atoms with van der Waals surface area (Å²) in [6.07, 6.45) is -1.61. The van der Waals surface area contributed by atoms with Gasteiger partial charge in [0.1, 0.15) is 6.04 Å². The number of carbonyl (C=O) groups excluding carboxylic acids is 1. The van der Waals surface area contributed by atoms with Crippen LogP contribution in [0.1, 0.15) is 54.9 Å². The molecule has 138 valence electrons. The molecule has 0 heterocycles. The maximum atomic E-state index is 11.3. The van der Waals surface area contributed by atoms with Crippen molar-refractivity contribution in [3.05, 3.63) is 0 Å². The quantitative estimate of drug-likeness (QED) is 0.433. The van der Waals surface area contributed by atoms with Crippen LogP contribution in [-0.2, 0) is 14.3 Å². The molecule has 5 N–H and O–H groups in total. The van der Waals surface area contributed by atoms with Crippen molar-refractivity contribution >= 4 is 5.91 Å². The Hall–Kier alpha value is -0.730. The van der Waals surface area contributed by atoms with E-state index in [1.54, 1.807) is 13.8 Å². The highest BCUT2D eigenvalue weighted by atomic mass is 16.7. The summed E-state index contributed by atoms with van der Waals surface area (Å²) in [5.41, 5.74) is 4.96. The highest BCUT2D eigenvalue weighted by Gasteiger charge is 2.35. The third-order valence-electron chi connectivity index (χ3n) is 3.26. The Morgan fingerprint density at radius 2 is 1.78 bits per heavy atom. The average molecular weight is 334 g/mol. The first kappa shape index (κ1) is 22.3. The predicted molar refractivity (Wildman–Crippen MR) is 88.8 cm³/mol. The van der Waals surface area contributed by atoms with Crippen LogP contribution in [0.25, 0.3) is 0 Å². The summed E-state index contributed by atoms with van der Waals surface area (Å²) in [7, 11) is 0. The fourth-order valence-corrected chi connectivity index (χ4v) is 2.44. The standard InChI is InChI=1S/C16H34N2O5/c1-10(20)11(2)22-14(13(8-19)18-12(3)21)23-16(6,7)9-15(4,5)17/h10-11,13-14,19-20H,8-9,17H2,1-7H3,(H,18,21)/t10-,11?,13+,14?/m1/s1. The van der Waals surface area contributed by atoms with E-state index in [1.165, 1.54) is 6.92 Å². The van der Waals surface area contributed by atoms with Crippen molar-refractivity contribution in [1.82, 2.24) is 5.32 Å². The Morgan fingerprint density at radius 1 is 1.26 bits per heavy atom. The maximum Gasteiger partial charge on any atom is 0.217 e. The van der Waals surface area contributed by atoms with Gasteiger partial charge in [0, 0.05) is 12.5 Å². The molecule has 0 aromatic rings. The Labute approximate surface area is 139 Å². The van der Waals surface area contributed by atoms with Crippen molar-refractivity contribution in [2.75, 3.05) is 6.61 Å². The number of aliphatic hydroxyl groups excluding tert-OH is 2. The Balaban J connectivity index is 5.20. The van der Waals surface area contributed by atoms with Crippen molar-refractivity contribution in [3.63, 3.8) is 0 Å². The molecule has 0 aromatic carbocycles. The molecule has 1 amide bonds. The lowest BCUT2D eigenvalue weighted by molar-refractivity contribution is -0.246. The van der Waals surface area contributed by atoms with E-state index in [0.29, 0.717) is 6.42 Å². The number of nitrogens with two attached hydrogens (primary N) is 1. The molecule has 0 radical (unpaired) electrons. The largest absolute Gasteiger partial charge is 0.394 e. The summed E-state index contributed by atoms with van der Waals surface area (Å²) in [5, 5.41) is 21.8. The van der Waals surface area contributed by atoms with Gasteiger partial charge < -0.3 is 30.7 Å². The summed E-state index contributed by atoms with van der Waals surface area (Å²) < 4.78 is 11.7. The van der Waals surface area contributed by atoms with E-state index >= 15 is 0 Å². The second-order valence-corrected chi connectivity index (χ2v) is 7.48. The van der Waals surface area contributed by atoms with E-state index in [4.69, 9.17) is 15.2 Å². The van der Waals surface area contributed by atoms with E-state index in [2.05, 4.69) is 5.32 Å². The van der Waals surface area contributed by atoms with Crippen molar-refractivity contribution in [3.8, 4) is 0 Å². The predicted octanol–water partition coefficient (Wildman–Crippen LogP) is 0.518. The summed E-state index contributed by atoms with van der Waals surface area (Å²) in [6, 6.07) is -0.742. The maximum absolute atomic E-state index is 11.3. The first-order valence-corrected chi connectivity index (χ1v) is 7.95. The van der Waals surface area contributed by atoms with Gasteiger partial charge in [0.15, 0.2) is 6.29 Å². The third-order valence-corrected chi connectivity index (χ3v) is 3.26. The van der Waals surface area contributed by atoms with Crippen LogP contribution in [0.2, 0.25) is 0 Å². The minimum Gasteiger partial charge on any atom is -0.394 e.